The second kappa shape index (κ2) is 11.4. The van der Waals surface area contributed by atoms with Crippen LogP contribution >= 0.6 is 0 Å². The lowest BCUT2D eigenvalue weighted by Gasteiger charge is -2.13. The largest absolute Gasteiger partial charge is 0.493 e. The minimum atomic E-state index is 0.496. The number of aliphatic imine (C=N–C) groups is 1. The second-order valence-electron chi connectivity index (χ2n) is 7.04. The lowest BCUT2D eigenvalue weighted by Crippen LogP contribution is -2.30. The van der Waals surface area contributed by atoms with Crippen molar-refractivity contribution < 1.29 is 9.47 Å². The average Bonchev–Trinajstić information content (AvgIpc) is 2.96. The Bertz CT molecular complexity index is 789. The van der Waals surface area contributed by atoms with Gasteiger partial charge in [-0.3, -0.25) is 0 Å². The Morgan fingerprint density at radius 2 is 2.14 bits per heavy atom. The zero-order valence-electron chi connectivity index (χ0n) is 17.5. The molecule has 8 nitrogen and oxygen atoms in total. The summed E-state index contributed by atoms with van der Waals surface area (Å²) in [5.74, 6) is 3.55. The minimum Gasteiger partial charge on any atom is -0.493 e. The van der Waals surface area contributed by atoms with E-state index in [0.717, 1.165) is 55.0 Å². The first-order valence-corrected chi connectivity index (χ1v) is 10.5. The van der Waals surface area contributed by atoms with E-state index in [0.29, 0.717) is 19.8 Å². The maximum Gasteiger partial charge on any atom is 0.196 e. The van der Waals surface area contributed by atoms with Crippen LogP contribution < -0.4 is 15.4 Å². The van der Waals surface area contributed by atoms with Crippen LogP contribution in [0.5, 0.6) is 5.75 Å². The molecule has 1 aliphatic heterocycles. The van der Waals surface area contributed by atoms with E-state index in [4.69, 9.17) is 14.5 Å². The third-order valence-electron chi connectivity index (χ3n) is 4.77. The minimum absolute atomic E-state index is 0.496. The number of guanidine groups is 1. The van der Waals surface area contributed by atoms with Gasteiger partial charge in [0.15, 0.2) is 11.8 Å². The van der Waals surface area contributed by atoms with Crippen molar-refractivity contribution >= 4 is 11.6 Å². The van der Waals surface area contributed by atoms with E-state index in [2.05, 4.69) is 32.3 Å². The van der Waals surface area contributed by atoms with Crippen molar-refractivity contribution in [1.82, 2.24) is 20.1 Å². The van der Waals surface area contributed by atoms with E-state index < -0.39 is 0 Å². The molecule has 1 aliphatic rings. The number of hydrogen-bond acceptors (Lipinski definition) is 5. The Hall–Kier alpha value is -2.61. The summed E-state index contributed by atoms with van der Waals surface area (Å²) >= 11 is 0. The summed E-state index contributed by atoms with van der Waals surface area (Å²) in [5.41, 5.74) is 0.925. The molecule has 3 rings (SSSR count). The van der Waals surface area contributed by atoms with Gasteiger partial charge in [-0.1, -0.05) is 12.5 Å². The first kappa shape index (κ1) is 21.1. The summed E-state index contributed by atoms with van der Waals surface area (Å²) in [6.07, 6.45) is 5.49. The molecule has 0 saturated heterocycles. The number of aromatic nitrogens is 3. The van der Waals surface area contributed by atoms with Crippen LogP contribution in [0.2, 0.25) is 0 Å². The Morgan fingerprint density at radius 1 is 1.21 bits per heavy atom. The van der Waals surface area contributed by atoms with Gasteiger partial charge in [-0.15, -0.1) is 10.2 Å². The van der Waals surface area contributed by atoms with Gasteiger partial charge in [0.25, 0.3) is 0 Å². The Labute approximate surface area is 172 Å². The molecule has 2 aromatic rings. The van der Waals surface area contributed by atoms with Crippen molar-refractivity contribution in [2.45, 2.75) is 52.1 Å². The lowest BCUT2D eigenvalue weighted by molar-refractivity contribution is 0.172. The molecule has 8 heteroatoms. The molecule has 0 saturated carbocycles. The van der Waals surface area contributed by atoms with Crippen LogP contribution in [-0.2, 0) is 24.2 Å². The van der Waals surface area contributed by atoms with Gasteiger partial charge in [0.05, 0.1) is 6.61 Å². The maximum absolute atomic E-state index is 5.78. The maximum atomic E-state index is 5.78. The number of rotatable bonds is 9. The van der Waals surface area contributed by atoms with Gasteiger partial charge in [0, 0.05) is 51.4 Å². The predicted octanol–water partition coefficient (Wildman–Crippen LogP) is 3.00. The first-order valence-electron chi connectivity index (χ1n) is 10.5. The molecule has 0 spiro atoms. The highest BCUT2D eigenvalue weighted by atomic mass is 16.5. The van der Waals surface area contributed by atoms with Crippen molar-refractivity contribution in [2.24, 2.45) is 4.99 Å². The molecule has 29 heavy (non-hydrogen) atoms. The molecule has 0 atom stereocenters. The Kier molecular flexibility index (Phi) is 8.30. The van der Waals surface area contributed by atoms with E-state index in [9.17, 15) is 0 Å². The van der Waals surface area contributed by atoms with Gasteiger partial charge >= 0.3 is 0 Å². The van der Waals surface area contributed by atoms with E-state index in [1.54, 1.807) is 7.11 Å². The fourth-order valence-corrected chi connectivity index (χ4v) is 3.31. The van der Waals surface area contributed by atoms with Gasteiger partial charge in [-0.05, 0) is 31.9 Å². The van der Waals surface area contributed by atoms with E-state index in [1.165, 1.54) is 19.3 Å². The number of ether oxygens (including phenoxy) is 2. The SMILES string of the molecule is CCNC(=NCc1nnc2n1CCCCC2)Nc1cccc(OCCCOC)c1. The van der Waals surface area contributed by atoms with E-state index in [-0.39, 0.29) is 0 Å². The van der Waals surface area contributed by atoms with Crippen LogP contribution in [0.1, 0.15) is 44.3 Å². The molecular weight excluding hydrogens is 368 g/mol. The van der Waals surface area contributed by atoms with Crippen LogP contribution in [0.15, 0.2) is 29.3 Å². The molecule has 0 fully saturated rings. The highest BCUT2D eigenvalue weighted by Gasteiger charge is 2.14. The van der Waals surface area contributed by atoms with E-state index >= 15 is 0 Å². The molecule has 1 aromatic heterocycles. The smallest absolute Gasteiger partial charge is 0.196 e. The molecule has 0 amide bonds. The molecule has 158 valence electrons. The normalized spacial score (nSPS) is 14.2. The highest BCUT2D eigenvalue weighted by Crippen LogP contribution is 2.18. The molecule has 1 aromatic carbocycles. The van der Waals surface area contributed by atoms with Crippen molar-refractivity contribution in [3.8, 4) is 5.75 Å². The van der Waals surface area contributed by atoms with Gasteiger partial charge in [0.2, 0.25) is 0 Å². The first-order chi connectivity index (χ1) is 14.3. The van der Waals surface area contributed by atoms with Crippen LogP contribution in [0.25, 0.3) is 0 Å². The predicted molar refractivity (Wildman–Crippen MR) is 114 cm³/mol. The molecule has 0 radical (unpaired) electrons. The number of nitrogens with zero attached hydrogens (tertiary/aromatic N) is 4. The number of anilines is 1. The zero-order chi connectivity index (χ0) is 20.3. The van der Waals surface area contributed by atoms with Crippen LogP contribution in [0, 0.1) is 0 Å². The number of benzene rings is 1. The fourth-order valence-electron chi connectivity index (χ4n) is 3.31. The molecule has 0 unspecified atom stereocenters. The third kappa shape index (κ3) is 6.45. The van der Waals surface area contributed by atoms with Gasteiger partial charge in [-0.2, -0.15) is 0 Å². The standard InChI is InChI=1S/C21H32N6O2/c1-3-22-21(23-16-20-26-25-19-11-5-4-6-12-27(19)20)24-17-9-7-10-18(15-17)29-14-8-13-28-2/h7,9-10,15H,3-6,8,11-14,16H2,1-2H3,(H2,22,23,24). The fraction of sp³-hybridized carbons (Fsp3) is 0.571. The number of aryl methyl sites for hydroxylation is 1. The number of fused-ring (bicyclic) bond motifs is 1. The third-order valence-corrected chi connectivity index (χ3v) is 4.77. The summed E-state index contributed by atoms with van der Waals surface area (Å²) in [4.78, 5) is 4.72. The van der Waals surface area contributed by atoms with Crippen LogP contribution in [-0.4, -0.2) is 47.6 Å². The number of nitrogens with one attached hydrogen (secondary N) is 2. The van der Waals surface area contributed by atoms with Crippen molar-refractivity contribution in [3.63, 3.8) is 0 Å². The van der Waals surface area contributed by atoms with Gasteiger partial charge < -0.3 is 24.7 Å². The number of methoxy groups -OCH3 is 1. The number of hydrogen-bond donors (Lipinski definition) is 2. The Morgan fingerprint density at radius 3 is 3.00 bits per heavy atom. The van der Waals surface area contributed by atoms with Gasteiger partial charge in [-0.25, -0.2) is 4.99 Å². The molecule has 2 heterocycles. The topological polar surface area (TPSA) is 85.6 Å². The molecule has 0 bridgehead atoms. The second-order valence-corrected chi connectivity index (χ2v) is 7.04. The average molecular weight is 401 g/mol. The Balaban J connectivity index is 1.63. The summed E-state index contributed by atoms with van der Waals surface area (Å²) in [5, 5.41) is 15.4. The summed E-state index contributed by atoms with van der Waals surface area (Å²) in [7, 11) is 1.70. The van der Waals surface area contributed by atoms with Crippen molar-refractivity contribution in [3.05, 3.63) is 35.9 Å². The molecule has 0 aliphatic carbocycles. The monoisotopic (exact) mass is 400 g/mol. The summed E-state index contributed by atoms with van der Waals surface area (Å²) in [6.45, 7) is 5.63. The summed E-state index contributed by atoms with van der Waals surface area (Å²) < 4.78 is 13.1. The van der Waals surface area contributed by atoms with Crippen LogP contribution in [0.3, 0.4) is 0 Å². The summed E-state index contributed by atoms with van der Waals surface area (Å²) in [6, 6.07) is 7.89. The lowest BCUT2D eigenvalue weighted by atomic mass is 10.2. The van der Waals surface area contributed by atoms with Gasteiger partial charge in [0.1, 0.15) is 18.1 Å². The molecule has 2 N–H and O–H groups in total. The highest BCUT2D eigenvalue weighted by molar-refractivity contribution is 5.93. The van der Waals surface area contributed by atoms with Crippen molar-refractivity contribution in [2.75, 3.05) is 32.2 Å². The van der Waals surface area contributed by atoms with Crippen molar-refractivity contribution in [1.29, 1.82) is 0 Å². The van der Waals surface area contributed by atoms with E-state index in [1.807, 2.05) is 24.3 Å². The quantitative estimate of drug-likeness (QED) is 0.382. The zero-order valence-corrected chi connectivity index (χ0v) is 17.5. The molecular formula is C21H32N6O2. The van der Waals surface area contributed by atoms with Crippen LogP contribution in [0.4, 0.5) is 5.69 Å².